The molecule has 0 fully saturated rings. The second kappa shape index (κ2) is 9.37. The molecule has 0 aliphatic heterocycles. The van der Waals surface area contributed by atoms with Crippen LogP contribution in [0.3, 0.4) is 0 Å². The maximum absolute atomic E-state index is 11.3. The Morgan fingerprint density at radius 3 is 2.33 bits per heavy atom. The molecule has 0 aromatic heterocycles. The molecule has 6 nitrogen and oxygen atoms in total. The van der Waals surface area contributed by atoms with Gasteiger partial charge in [0.25, 0.3) is 0 Å². The smallest absolute Gasteiger partial charge is 0.335 e. The summed E-state index contributed by atoms with van der Waals surface area (Å²) < 4.78 is 25.1. The van der Waals surface area contributed by atoms with Crippen molar-refractivity contribution < 1.29 is 28.2 Å². The van der Waals surface area contributed by atoms with Gasteiger partial charge in [0.05, 0.1) is 6.61 Å². The summed E-state index contributed by atoms with van der Waals surface area (Å²) in [6.07, 6.45) is -0.669. The summed E-state index contributed by atoms with van der Waals surface area (Å²) in [6, 6.07) is 0. The second-order valence-electron chi connectivity index (χ2n) is 3.76. The zero-order valence-corrected chi connectivity index (χ0v) is 12.7. The topological polar surface area (TPSA) is 78.9 Å². The number of ether oxygens (including phenoxy) is 2. The summed E-state index contributed by atoms with van der Waals surface area (Å²) in [5.41, 5.74) is -0.680. The van der Waals surface area contributed by atoms with E-state index >= 15 is 0 Å². The third-order valence-corrected chi connectivity index (χ3v) is 3.06. The Morgan fingerprint density at radius 2 is 1.83 bits per heavy atom. The molecule has 0 aromatic rings. The lowest BCUT2D eigenvalue weighted by Gasteiger charge is -2.15. The zero-order chi connectivity index (χ0) is 14.1. The van der Waals surface area contributed by atoms with Gasteiger partial charge in [0.1, 0.15) is 11.8 Å². The molecule has 0 bridgehead atoms. The first-order chi connectivity index (χ1) is 8.42. The predicted octanol–water partition coefficient (Wildman–Crippen LogP) is 1.73. The summed E-state index contributed by atoms with van der Waals surface area (Å²) in [7, 11) is 1.71. The molecule has 0 rings (SSSR count). The van der Waals surface area contributed by atoms with E-state index < -0.39 is 29.8 Å². The number of carbonyl (C=O) groups is 2. The lowest BCUT2D eigenvalue weighted by atomic mass is 10.3. The van der Waals surface area contributed by atoms with Gasteiger partial charge in [-0.25, -0.2) is 4.79 Å². The molecule has 18 heavy (non-hydrogen) atoms. The quantitative estimate of drug-likeness (QED) is 0.501. The first-order valence-electron chi connectivity index (χ1n) is 5.47. The number of esters is 2. The van der Waals surface area contributed by atoms with E-state index in [0.717, 1.165) is 0 Å². The second-order valence-corrected chi connectivity index (χ2v) is 5.02. The van der Waals surface area contributed by atoms with Crippen molar-refractivity contribution in [1.29, 1.82) is 0 Å². The molecule has 0 N–H and O–H groups in total. The minimum atomic E-state index is -0.680. The molecule has 0 amide bonds. The number of hydrogen-bond donors (Lipinski definition) is 0. The van der Waals surface area contributed by atoms with Gasteiger partial charge in [-0.05, 0) is 20.8 Å². The van der Waals surface area contributed by atoms with Crippen LogP contribution in [-0.4, -0.2) is 36.4 Å². The van der Waals surface area contributed by atoms with Crippen molar-refractivity contribution in [2.75, 3.05) is 6.61 Å². The fourth-order valence-corrected chi connectivity index (χ4v) is 1.16. The van der Waals surface area contributed by atoms with Crippen molar-refractivity contribution in [3.63, 3.8) is 0 Å². The Bertz CT molecular complexity index is 296. The van der Waals surface area contributed by atoms with E-state index in [2.05, 4.69) is 0 Å². The number of hydrogen-bond acceptors (Lipinski definition) is 6. The summed E-state index contributed by atoms with van der Waals surface area (Å²) in [6.45, 7) is 4.88. The molecule has 0 aliphatic rings. The molecular weight excluding hydrogens is 278 g/mol. The molecule has 0 spiro atoms. The van der Waals surface area contributed by atoms with Crippen LogP contribution >= 0.6 is 17.9 Å². The monoisotopic (exact) mass is 296 g/mol. The van der Waals surface area contributed by atoms with E-state index in [9.17, 15) is 14.2 Å². The van der Waals surface area contributed by atoms with Crippen LogP contribution in [0.15, 0.2) is 0 Å². The van der Waals surface area contributed by atoms with Crippen molar-refractivity contribution in [1.82, 2.24) is 0 Å². The van der Waals surface area contributed by atoms with Gasteiger partial charge in [-0.1, -0.05) is 0 Å². The van der Waals surface area contributed by atoms with Gasteiger partial charge >= 0.3 is 11.9 Å². The zero-order valence-electron chi connectivity index (χ0n) is 10.6. The van der Waals surface area contributed by atoms with E-state index in [-0.39, 0.29) is 15.1 Å². The average molecular weight is 296 g/mol. The van der Waals surface area contributed by atoms with E-state index in [0.29, 0.717) is 6.42 Å². The highest BCUT2D eigenvalue weighted by Gasteiger charge is 2.18. The highest BCUT2D eigenvalue weighted by atomic mass is 31.1. The molecule has 8 heteroatoms. The van der Waals surface area contributed by atoms with Gasteiger partial charge in [0.15, 0.2) is 14.6 Å². The van der Waals surface area contributed by atoms with Crippen LogP contribution < -0.4 is 0 Å². The van der Waals surface area contributed by atoms with Crippen LogP contribution in [-0.2, 0) is 28.2 Å². The fraction of sp³-hybridized carbons (Fsp3) is 0.800. The maximum Gasteiger partial charge on any atom is 0.335 e. The molecule has 4 atom stereocenters. The Balaban J connectivity index is 3.84. The largest absolute Gasteiger partial charge is 0.464 e. The third kappa shape index (κ3) is 7.00. The highest BCUT2D eigenvalue weighted by molar-refractivity contribution is 7.26. The molecule has 0 saturated heterocycles. The molecule has 0 heterocycles. The molecule has 104 valence electrons. The molecular formula is C10H18O6P2. The first-order valence-corrected chi connectivity index (χ1v) is 6.82. The van der Waals surface area contributed by atoms with Crippen molar-refractivity contribution in [3.05, 3.63) is 0 Å². The van der Waals surface area contributed by atoms with Gasteiger partial charge in [0.2, 0.25) is 0 Å². The minimum absolute atomic E-state index is 0.134. The van der Waals surface area contributed by atoms with Gasteiger partial charge in [0, 0.05) is 15.9 Å². The Morgan fingerprint density at radius 1 is 1.22 bits per heavy atom. The summed E-state index contributed by atoms with van der Waals surface area (Å²) in [5.74, 6) is -1.01. The molecule has 0 aliphatic carbocycles. The molecule has 0 saturated carbocycles. The van der Waals surface area contributed by atoms with E-state index in [1.807, 2.05) is 9.47 Å². The van der Waals surface area contributed by atoms with Crippen LogP contribution in [0.2, 0.25) is 0 Å². The van der Waals surface area contributed by atoms with E-state index in [4.69, 9.17) is 14.0 Å². The summed E-state index contributed by atoms with van der Waals surface area (Å²) in [5, 5.41) is 0. The Kier molecular flexibility index (Phi) is 9.08. The van der Waals surface area contributed by atoms with Gasteiger partial charge in [-0.3, -0.25) is 9.36 Å². The van der Waals surface area contributed by atoms with Gasteiger partial charge < -0.3 is 14.0 Å². The van der Waals surface area contributed by atoms with Crippen LogP contribution in [0.25, 0.3) is 0 Å². The Hall–Kier alpha value is -0.570. The highest BCUT2D eigenvalue weighted by Crippen LogP contribution is 2.10. The number of rotatable bonds is 8. The third-order valence-electron chi connectivity index (χ3n) is 2.12. The van der Waals surface area contributed by atoms with E-state index in [1.54, 1.807) is 13.8 Å². The minimum Gasteiger partial charge on any atom is -0.464 e. The van der Waals surface area contributed by atoms with Gasteiger partial charge in [-0.15, -0.1) is 0 Å². The average Bonchev–Trinajstić information content (AvgIpc) is 2.36. The van der Waals surface area contributed by atoms with Crippen molar-refractivity contribution in [2.24, 2.45) is 0 Å². The first kappa shape index (κ1) is 17.4. The standard InChI is InChI=1S/C10H18O6P2/c1-6(15-10(12)8(3)18-13)4-5-14-9(11)7(2)16-17/h6-8H,4-5,17H2,1-3H3. The lowest BCUT2D eigenvalue weighted by molar-refractivity contribution is -0.153. The van der Waals surface area contributed by atoms with Crippen LogP contribution in [0.1, 0.15) is 27.2 Å². The predicted molar refractivity (Wildman–Crippen MR) is 68.5 cm³/mol. The normalized spacial score (nSPS) is 15.8. The SMILES string of the molecule is CC(CCOC(=O)C(C)OP)OC(=O)C(C)P=O. The molecule has 0 aromatic carbocycles. The van der Waals surface area contributed by atoms with Crippen LogP contribution in [0.4, 0.5) is 0 Å². The summed E-state index contributed by atoms with van der Waals surface area (Å²) >= 11 is 0. The molecule has 4 unspecified atom stereocenters. The molecule has 0 radical (unpaired) electrons. The van der Waals surface area contributed by atoms with Crippen molar-refractivity contribution >= 4 is 29.9 Å². The van der Waals surface area contributed by atoms with Crippen molar-refractivity contribution in [3.8, 4) is 0 Å². The number of carbonyl (C=O) groups excluding carboxylic acids is 2. The fourth-order valence-electron chi connectivity index (χ4n) is 0.897. The summed E-state index contributed by atoms with van der Waals surface area (Å²) in [4.78, 5) is 22.5. The Labute approximate surface area is 110 Å². The van der Waals surface area contributed by atoms with Crippen molar-refractivity contribution in [2.45, 2.75) is 45.1 Å². The van der Waals surface area contributed by atoms with Crippen LogP contribution in [0, 0.1) is 0 Å². The van der Waals surface area contributed by atoms with Crippen LogP contribution in [0.5, 0.6) is 0 Å². The van der Waals surface area contributed by atoms with Gasteiger partial charge in [-0.2, -0.15) is 0 Å². The van der Waals surface area contributed by atoms with E-state index in [1.165, 1.54) is 6.92 Å². The lowest BCUT2D eigenvalue weighted by Crippen LogP contribution is -2.25. The maximum atomic E-state index is 11.3.